The van der Waals surface area contributed by atoms with Crippen molar-refractivity contribution in [1.82, 2.24) is 15.5 Å². The zero-order chi connectivity index (χ0) is 10.9. The summed E-state index contributed by atoms with van der Waals surface area (Å²) in [5, 5.41) is 9.38. The van der Waals surface area contributed by atoms with E-state index in [9.17, 15) is 8.42 Å². The third-order valence-electron chi connectivity index (χ3n) is 1.78. The molecule has 0 bridgehead atoms. The predicted octanol–water partition coefficient (Wildman–Crippen LogP) is -0.672. The van der Waals surface area contributed by atoms with E-state index in [-0.39, 0.29) is 10.6 Å². The van der Waals surface area contributed by atoms with Crippen molar-refractivity contribution in [3.05, 3.63) is 30.6 Å². The lowest BCUT2D eigenvalue weighted by molar-refractivity contribution is -0.662. The summed E-state index contributed by atoms with van der Waals surface area (Å²) in [6, 6.07) is 5.95. The normalized spacial score (nSPS) is 11.5. The SMILES string of the molecule is O=S(=O)(O)c1ccccc1-[n+]1cnn[nH]1. The van der Waals surface area contributed by atoms with Crippen LogP contribution in [-0.4, -0.2) is 28.5 Å². The van der Waals surface area contributed by atoms with Gasteiger partial charge in [0.1, 0.15) is 15.7 Å². The molecule has 1 aromatic heterocycles. The van der Waals surface area contributed by atoms with Crippen LogP contribution in [0, 0.1) is 0 Å². The van der Waals surface area contributed by atoms with Crippen LogP contribution in [0.5, 0.6) is 0 Å². The van der Waals surface area contributed by atoms with E-state index in [1.54, 1.807) is 6.07 Å². The largest absolute Gasteiger partial charge is 0.298 e. The molecule has 7 nitrogen and oxygen atoms in total. The Morgan fingerprint density at radius 1 is 1.33 bits per heavy atom. The highest BCUT2D eigenvalue weighted by Crippen LogP contribution is 2.13. The van der Waals surface area contributed by atoms with Crippen molar-refractivity contribution in [3.63, 3.8) is 0 Å². The van der Waals surface area contributed by atoms with Gasteiger partial charge in [-0.15, -0.1) is 4.68 Å². The Morgan fingerprint density at radius 3 is 2.67 bits per heavy atom. The van der Waals surface area contributed by atoms with Crippen LogP contribution in [0.2, 0.25) is 0 Å². The summed E-state index contributed by atoms with van der Waals surface area (Å²) in [6.45, 7) is 0. The Kier molecular flexibility index (Phi) is 2.21. The van der Waals surface area contributed by atoms with E-state index < -0.39 is 10.1 Å². The number of benzene rings is 1. The average molecular weight is 227 g/mol. The minimum absolute atomic E-state index is 0.207. The predicted molar refractivity (Wildman–Crippen MR) is 47.7 cm³/mol. The minimum atomic E-state index is -4.26. The van der Waals surface area contributed by atoms with Gasteiger partial charge >= 0.3 is 0 Å². The van der Waals surface area contributed by atoms with E-state index >= 15 is 0 Å². The molecule has 0 atom stereocenters. The topological polar surface area (TPSA) is 99.8 Å². The Morgan fingerprint density at radius 2 is 2.07 bits per heavy atom. The van der Waals surface area contributed by atoms with Gasteiger partial charge in [-0.1, -0.05) is 17.3 Å². The van der Waals surface area contributed by atoms with Crippen molar-refractivity contribution in [3.8, 4) is 5.69 Å². The van der Waals surface area contributed by atoms with Gasteiger partial charge in [0.05, 0.1) is 0 Å². The molecule has 0 radical (unpaired) electrons. The van der Waals surface area contributed by atoms with Crippen LogP contribution < -0.4 is 4.68 Å². The van der Waals surface area contributed by atoms with Gasteiger partial charge < -0.3 is 0 Å². The number of H-pyrrole nitrogens is 1. The summed E-state index contributed by atoms with van der Waals surface area (Å²) in [7, 11) is -4.26. The maximum atomic E-state index is 11.0. The zero-order valence-electron chi connectivity index (χ0n) is 7.40. The molecule has 78 valence electrons. The van der Waals surface area contributed by atoms with Crippen LogP contribution in [0.4, 0.5) is 0 Å². The molecule has 1 aromatic carbocycles. The van der Waals surface area contributed by atoms with E-state index in [4.69, 9.17) is 4.55 Å². The summed E-state index contributed by atoms with van der Waals surface area (Å²) in [5.41, 5.74) is 0.255. The zero-order valence-corrected chi connectivity index (χ0v) is 8.22. The Labute approximate surface area is 85.1 Å². The van der Waals surface area contributed by atoms with Gasteiger partial charge in [-0.25, -0.2) is 0 Å². The van der Waals surface area contributed by atoms with E-state index in [1.165, 1.54) is 29.2 Å². The molecule has 0 amide bonds. The van der Waals surface area contributed by atoms with Crippen LogP contribution in [0.1, 0.15) is 0 Å². The standard InChI is InChI=1S/C7H6N4O3S/c12-15(13,14)7-4-2-1-3-6(7)11-5-8-9-10-11/h1-5H,(H,12,13,14)/p+1. The van der Waals surface area contributed by atoms with Crippen molar-refractivity contribution >= 4 is 10.1 Å². The number of hydrogen-bond donors (Lipinski definition) is 2. The summed E-state index contributed by atoms with van der Waals surface area (Å²) in [6.07, 6.45) is 1.30. The lowest BCUT2D eigenvalue weighted by Gasteiger charge is -2.01. The third kappa shape index (κ3) is 1.85. The van der Waals surface area contributed by atoms with Crippen LogP contribution in [0.3, 0.4) is 0 Å². The fourth-order valence-electron chi connectivity index (χ4n) is 1.17. The molecule has 2 aromatic rings. The fraction of sp³-hybridized carbons (Fsp3) is 0. The van der Waals surface area contributed by atoms with E-state index in [1.807, 2.05) is 0 Å². The first-order chi connectivity index (χ1) is 7.09. The minimum Gasteiger partial charge on any atom is -0.282 e. The molecule has 15 heavy (non-hydrogen) atoms. The molecule has 0 aliphatic heterocycles. The number of aromatic amines is 1. The second-order valence-corrected chi connectivity index (χ2v) is 4.13. The number of nitrogens with zero attached hydrogens (tertiary/aromatic N) is 3. The van der Waals surface area contributed by atoms with Crippen LogP contribution in [-0.2, 0) is 10.1 Å². The number of para-hydroxylation sites is 1. The quantitative estimate of drug-likeness (QED) is 0.523. The summed E-state index contributed by atoms with van der Waals surface area (Å²) in [4.78, 5) is -0.207. The summed E-state index contributed by atoms with van der Waals surface area (Å²) >= 11 is 0. The molecule has 8 heteroatoms. The van der Waals surface area contributed by atoms with Gasteiger partial charge in [0.15, 0.2) is 5.21 Å². The second kappa shape index (κ2) is 3.41. The number of hydrogen-bond acceptors (Lipinski definition) is 4. The maximum absolute atomic E-state index is 11.0. The van der Waals surface area contributed by atoms with E-state index in [2.05, 4.69) is 15.5 Å². The molecule has 0 aliphatic carbocycles. The summed E-state index contributed by atoms with van der Waals surface area (Å²) < 4.78 is 32.3. The molecule has 0 spiro atoms. The third-order valence-corrected chi connectivity index (χ3v) is 2.68. The Balaban J connectivity index is 2.68. The van der Waals surface area contributed by atoms with Crippen molar-refractivity contribution in [2.75, 3.05) is 0 Å². The molecule has 2 N–H and O–H groups in total. The average Bonchev–Trinajstić information content (AvgIpc) is 2.69. The number of rotatable bonds is 2. The highest BCUT2D eigenvalue weighted by Gasteiger charge is 2.19. The maximum Gasteiger partial charge on any atom is 0.298 e. The Hall–Kier alpha value is -1.80. The molecule has 0 aliphatic rings. The lowest BCUT2D eigenvalue weighted by atomic mass is 10.3. The Bertz CT molecular complexity index is 564. The van der Waals surface area contributed by atoms with Crippen LogP contribution >= 0.6 is 0 Å². The number of nitrogens with one attached hydrogen (secondary N) is 1. The van der Waals surface area contributed by atoms with E-state index in [0.717, 1.165) is 0 Å². The molecule has 0 fully saturated rings. The van der Waals surface area contributed by atoms with Gasteiger partial charge in [-0.3, -0.25) is 4.55 Å². The van der Waals surface area contributed by atoms with Crippen molar-refractivity contribution < 1.29 is 17.7 Å². The smallest absolute Gasteiger partial charge is 0.282 e. The highest BCUT2D eigenvalue weighted by atomic mass is 32.2. The van der Waals surface area contributed by atoms with E-state index in [0.29, 0.717) is 0 Å². The summed E-state index contributed by atoms with van der Waals surface area (Å²) in [5.74, 6) is 0. The first kappa shape index (κ1) is 9.74. The number of aromatic nitrogens is 4. The molecule has 0 unspecified atom stereocenters. The fourth-order valence-corrected chi connectivity index (χ4v) is 1.85. The highest BCUT2D eigenvalue weighted by molar-refractivity contribution is 7.86. The van der Waals surface area contributed by atoms with Gasteiger partial charge in [-0.05, 0) is 12.1 Å². The lowest BCUT2D eigenvalue weighted by Crippen LogP contribution is -2.33. The van der Waals surface area contributed by atoms with Crippen molar-refractivity contribution in [1.29, 1.82) is 0 Å². The molecule has 1 heterocycles. The number of tetrazole rings is 1. The molecule has 0 saturated heterocycles. The van der Waals surface area contributed by atoms with Gasteiger partial charge in [0, 0.05) is 0 Å². The molecule has 2 rings (SSSR count). The molecular formula is C7H7N4O3S+. The molecular weight excluding hydrogens is 220 g/mol. The van der Waals surface area contributed by atoms with Crippen molar-refractivity contribution in [2.45, 2.75) is 4.90 Å². The van der Waals surface area contributed by atoms with Crippen LogP contribution in [0.15, 0.2) is 35.5 Å². The first-order valence-corrected chi connectivity index (χ1v) is 5.37. The van der Waals surface area contributed by atoms with Gasteiger partial charge in [0.2, 0.25) is 0 Å². The monoisotopic (exact) mass is 227 g/mol. The first-order valence-electron chi connectivity index (χ1n) is 3.93. The van der Waals surface area contributed by atoms with Crippen LogP contribution in [0.25, 0.3) is 5.69 Å². The van der Waals surface area contributed by atoms with Gasteiger partial charge in [-0.2, -0.15) is 8.42 Å². The van der Waals surface area contributed by atoms with Gasteiger partial charge in [0.25, 0.3) is 16.4 Å². The molecule has 0 saturated carbocycles. The van der Waals surface area contributed by atoms with Crippen molar-refractivity contribution in [2.24, 2.45) is 0 Å². The second-order valence-electron chi connectivity index (χ2n) is 2.74.